The highest BCUT2D eigenvalue weighted by Crippen LogP contribution is 2.49. The van der Waals surface area contributed by atoms with Crippen molar-refractivity contribution < 1.29 is 14.6 Å². The van der Waals surface area contributed by atoms with Crippen molar-refractivity contribution in [2.75, 3.05) is 0 Å². The highest BCUT2D eigenvalue weighted by atomic mass is 79.9. The van der Waals surface area contributed by atoms with E-state index in [4.69, 9.17) is 16.4 Å². The van der Waals surface area contributed by atoms with Gasteiger partial charge in [-0.1, -0.05) is 63.0 Å². The molecule has 0 spiro atoms. The molecule has 0 saturated heterocycles. The van der Waals surface area contributed by atoms with Crippen LogP contribution in [0, 0.1) is 16.0 Å². The third-order valence-corrected chi connectivity index (χ3v) is 5.88. The minimum Gasteiger partial charge on any atom is -0.313 e. The van der Waals surface area contributed by atoms with Crippen molar-refractivity contribution in [2.45, 2.75) is 12.3 Å². The van der Waals surface area contributed by atoms with E-state index in [1.165, 1.54) is 24.3 Å². The fourth-order valence-corrected chi connectivity index (χ4v) is 3.81. The van der Waals surface area contributed by atoms with E-state index in [1.807, 2.05) is 48.5 Å². The van der Waals surface area contributed by atoms with Gasteiger partial charge in [0.2, 0.25) is 0 Å². The number of oxime groups is 1. The van der Waals surface area contributed by atoms with Crippen LogP contribution in [0.5, 0.6) is 0 Å². The molecule has 3 aromatic rings. The lowest BCUT2D eigenvalue weighted by molar-refractivity contribution is -0.384. The second-order valence-electron chi connectivity index (χ2n) is 7.17. The Morgan fingerprint density at radius 3 is 2.45 bits per heavy atom. The van der Waals surface area contributed by atoms with Crippen LogP contribution in [-0.4, -0.2) is 16.6 Å². The van der Waals surface area contributed by atoms with E-state index < -0.39 is 10.9 Å². The van der Waals surface area contributed by atoms with E-state index in [2.05, 4.69) is 21.1 Å². The molecule has 0 unspecified atom stereocenters. The minimum absolute atomic E-state index is 0.0677. The Bertz CT molecular complexity index is 1160. The fourth-order valence-electron chi connectivity index (χ4n) is 3.42. The summed E-state index contributed by atoms with van der Waals surface area (Å²) in [4.78, 5) is 28.1. The van der Waals surface area contributed by atoms with E-state index in [9.17, 15) is 14.9 Å². The number of carbonyl (C=O) groups excluding carboxylic acids is 1. The molecule has 3 aromatic carbocycles. The zero-order chi connectivity index (χ0) is 22.0. The summed E-state index contributed by atoms with van der Waals surface area (Å²) in [5.74, 6) is -0.418. The van der Waals surface area contributed by atoms with E-state index in [1.54, 1.807) is 0 Å². The first-order chi connectivity index (χ1) is 14.9. The third-order valence-electron chi connectivity index (χ3n) is 5.10. The topological polar surface area (TPSA) is 81.8 Å². The monoisotopic (exact) mass is 498 g/mol. The number of nitro benzene ring substituents is 1. The Morgan fingerprint density at radius 1 is 1.06 bits per heavy atom. The second kappa shape index (κ2) is 8.99. The van der Waals surface area contributed by atoms with Crippen LogP contribution >= 0.6 is 27.5 Å². The Morgan fingerprint density at radius 2 is 1.77 bits per heavy atom. The predicted molar refractivity (Wildman–Crippen MR) is 121 cm³/mol. The van der Waals surface area contributed by atoms with Crippen LogP contribution in [0.3, 0.4) is 0 Å². The molecule has 31 heavy (non-hydrogen) atoms. The van der Waals surface area contributed by atoms with Crippen molar-refractivity contribution in [1.82, 2.24) is 0 Å². The van der Waals surface area contributed by atoms with Gasteiger partial charge in [-0.2, -0.15) is 0 Å². The number of halogens is 2. The minimum atomic E-state index is -0.748. The number of nitrogens with zero attached hydrogens (tertiary/aromatic N) is 2. The number of hydrogen-bond donors (Lipinski definition) is 0. The van der Waals surface area contributed by atoms with Gasteiger partial charge in [-0.15, -0.1) is 0 Å². The number of carbonyl (C=O) groups is 1. The molecule has 0 bridgehead atoms. The number of nitro groups is 1. The van der Waals surface area contributed by atoms with Gasteiger partial charge in [0, 0.05) is 27.5 Å². The van der Waals surface area contributed by atoms with Crippen molar-refractivity contribution in [3.05, 3.63) is 109 Å². The Hall–Kier alpha value is -3.03. The summed E-state index contributed by atoms with van der Waals surface area (Å²) in [6.45, 7) is 0. The maximum atomic E-state index is 12.5. The lowest BCUT2D eigenvalue weighted by atomic mass is 10.0. The van der Waals surface area contributed by atoms with Crippen molar-refractivity contribution in [3.63, 3.8) is 0 Å². The van der Waals surface area contributed by atoms with Gasteiger partial charge in [0.15, 0.2) is 0 Å². The molecule has 1 saturated carbocycles. The molecule has 1 aliphatic rings. The average molecular weight is 500 g/mol. The number of benzene rings is 3. The Balaban J connectivity index is 1.59. The molecule has 0 amide bonds. The first kappa shape index (κ1) is 21.2. The molecule has 2 atom stereocenters. The van der Waals surface area contributed by atoms with Crippen molar-refractivity contribution in [2.24, 2.45) is 11.1 Å². The lowest BCUT2D eigenvalue weighted by Crippen LogP contribution is -2.09. The van der Waals surface area contributed by atoms with Gasteiger partial charge in [0.05, 0.1) is 16.2 Å². The largest absolute Gasteiger partial charge is 0.365 e. The van der Waals surface area contributed by atoms with Crippen LogP contribution < -0.4 is 0 Å². The van der Waals surface area contributed by atoms with Gasteiger partial charge < -0.3 is 4.84 Å². The first-order valence-electron chi connectivity index (χ1n) is 9.47. The van der Waals surface area contributed by atoms with Gasteiger partial charge in [-0.25, -0.2) is 4.79 Å². The van der Waals surface area contributed by atoms with Gasteiger partial charge in [0.25, 0.3) is 5.69 Å². The Kier molecular flexibility index (Phi) is 6.15. The smallest absolute Gasteiger partial charge is 0.313 e. The van der Waals surface area contributed by atoms with Crippen LogP contribution in [0.1, 0.15) is 33.8 Å². The van der Waals surface area contributed by atoms with Crippen LogP contribution in [0.2, 0.25) is 5.02 Å². The zero-order valence-electron chi connectivity index (χ0n) is 16.1. The van der Waals surface area contributed by atoms with Gasteiger partial charge in [-0.3, -0.25) is 10.1 Å². The normalized spacial score (nSPS) is 17.8. The van der Waals surface area contributed by atoms with Crippen molar-refractivity contribution in [3.8, 4) is 0 Å². The van der Waals surface area contributed by atoms with E-state index in [0.717, 1.165) is 22.0 Å². The summed E-state index contributed by atoms with van der Waals surface area (Å²) >= 11 is 9.41. The highest BCUT2D eigenvalue weighted by molar-refractivity contribution is 9.10. The van der Waals surface area contributed by atoms with E-state index in [-0.39, 0.29) is 23.1 Å². The molecule has 0 aromatic heterocycles. The quantitative estimate of drug-likeness (QED) is 0.171. The molecule has 0 radical (unpaired) electrons. The van der Waals surface area contributed by atoms with Gasteiger partial charge in [-0.05, 0) is 53.8 Å². The standard InChI is InChI=1S/C23H16BrClN2O4/c24-17-8-4-15(5-9-17)22(21-13-20(21)14-6-10-18(25)11-7-14)26-31-23(28)16-2-1-3-19(12-16)27(29)30/h1-12,20-21H,13H2/b26-22-/t20-,21-/m0/s1. The predicted octanol–water partition coefficient (Wildman–Crippen LogP) is 6.38. The highest BCUT2D eigenvalue weighted by Gasteiger charge is 2.43. The number of non-ortho nitro benzene ring substituents is 1. The summed E-state index contributed by atoms with van der Waals surface area (Å²) in [5, 5.41) is 15.8. The first-order valence-corrected chi connectivity index (χ1v) is 10.6. The van der Waals surface area contributed by atoms with E-state index in [0.29, 0.717) is 10.7 Å². The molecule has 1 fully saturated rings. The van der Waals surface area contributed by atoms with Crippen molar-refractivity contribution in [1.29, 1.82) is 0 Å². The maximum absolute atomic E-state index is 12.5. The third kappa shape index (κ3) is 5.00. The molecule has 0 aliphatic heterocycles. The molecular formula is C23H16BrClN2O4. The van der Waals surface area contributed by atoms with E-state index >= 15 is 0 Å². The molecule has 8 heteroatoms. The summed E-state index contributed by atoms with van der Waals surface area (Å²) in [6, 6.07) is 20.7. The van der Waals surface area contributed by atoms with Crippen molar-refractivity contribution >= 4 is 44.9 Å². The molecule has 6 nitrogen and oxygen atoms in total. The van der Waals surface area contributed by atoms with Gasteiger partial charge >= 0.3 is 5.97 Å². The van der Waals surface area contributed by atoms with Crippen LogP contribution in [0.4, 0.5) is 5.69 Å². The summed E-state index contributed by atoms with van der Waals surface area (Å²) < 4.78 is 0.925. The summed E-state index contributed by atoms with van der Waals surface area (Å²) in [5.41, 5.74) is 2.53. The van der Waals surface area contributed by atoms with Crippen LogP contribution in [-0.2, 0) is 4.84 Å². The zero-order valence-corrected chi connectivity index (χ0v) is 18.4. The summed E-state index contributed by atoms with van der Waals surface area (Å²) in [6.07, 6.45) is 0.866. The molecule has 0 N–H and O–H groups in total. The average Bonchev–Trinajstić information content (AvgIpc) is 3.56. The molecule has 0 heterocycles. The maximum Gasteiger partial charge on any atom is 0.365 e. The molecule has 4 rings (SSSR count). The Labute approximate surface area is 191 Å². The number of rotatable bonds is 6. The second-order valence-corrected chi connectivity index (χ2v) is 8.52. The molecular weight excluding hydrogens is 484 g/mol. The summed E-state index contributed by atoms with van der Waals surface area (Å²) in [7, 11) is 0. The van der Waals surface area contributed by atoms with Crippen LogP contribution in [0.25, 0.3) is 0 Å². The SMILES string of the molecule is O=C(O/N=C(/c1ccc(Br)cc1)[C@H]1C[C@H]1c1ccc(Cl)cc1)c1cccc([N+](=O)[O-])c1. The fraction of sp³-hybridized carbons (Fsp3) is 0.130. The molecule has 156 valence electrons. The lowest BCUT2D eigenvalue weighted by Gasteiger charge is -2.07. The van der Waals surface area contributed by atoms with Gasteiger partial charge in [0.1, 0.15) is 0 Å². The van der Waals surface area contributed by atoms with Crippen LogP contribution in [0.15, 0.2) is 82.4 Å². The molecule has 1 aliphatic carbocycles. The number of hydrogen-bond acceptors (Lipinski definition) is 5.